The summed E-state index contributed by atoms with van der Waals surface area (Å²) in [6, 6.07) is 0. The molecule has 0 saturated carbocycles. The van der Waals surface area contributed by atoms with Crippen molar-refractivity contribution in [2.45, 2.75) is 0 Å². The predicted octanol–water partition coefficient (Wildman–Crippen LogP) is -0.447. The van der Waals surface area contributed by atoms with Gasteiger partial charge in [0.25, 0.3) is 5.09 Å². The second-order valence-electron chi connectivity index (χ2n) is 0.687. The van der Waals surface area contributed by atoms with Gasteiger partial charge in [-0.3, -0.25) is 4.84 Å². The molecule has 0 spiro atoms. The van der Waals surface area contributed by atoms with Gasteiger partial charge in [0.15, 0.2) is 5.97 Å². The Morgan fingerprint density at radius 3 is 2.12 bits per heavy atom. The molecule has 0 aliphatic heterocycles. The van der Waals surface area contributed by atoms with Crippen molar-refractivity contribution in [2.75, 3.05) is 0 Å². The average Bonchev–Trinajstić information content (AvgIpc) is 1.27. The Morgan fingerprint density at radius 1 is 1.75 bits per heavy atom. The van der Waals surface area contributed by atoms with E-state index in [2.05, 4.69) is 11.8 Å². The van der Waals surface area contributed by atoms with Gasteiger partial charge in [-0.15, -0.1) is 10.1 Å². The van der Waals surface area contributed by atoms with Crippen LogP contribution in [0.1, 0.15) is 0 Å². The molecule has 0 N–H and O–H groups in total. The van der Waals surface area contributed by atoms with Gasteiger partial charge in [-0.05, 0) is 0 Å². The topological polar surface area (TPSA) is 69.4 Å². The zero-order chi connectivity index (χ0) is 5.86. The van der Waals surface area contributed by atoms with Gasteiger partial charge in [0.2, 0.25) is 0 Å². The third-order valence-corrected chi connectivity index (χ3v) is 0.176. The Balaban J connectivity index is 0. The van der Waals surface area contributed by atoms with Crippen LogP contribution in [0, 0.1) is 17.0 Å². The molecule has 0 bridgehead atoms. The van der Waals surface area contributed by atoms with Crippen LogP contribution in [0.15, 0.2) is 0 Å². The maximum absolute atomic E-state index is 9.48. The van der Waals surface area contributed by atoms with Crippen molar-refractivity contribution in [3.63, 3.8) is 0 Å². The molecular weight excluding hydrogens is 161 g/mol. The largest absolute Gasteiger partial charge is 0.312 e. The number of nitrogens with zero attached hydrogens (tertiary/aromatic N) is 1. The molecule has 1 radical (unpaired) electrons. The first-order chi connectivity index (χ1) is 3.13. The fourth-order valence-electron chi connectivity index (χ4n) is 0.0831. The number of hydrogen-bond donors (Lipinski definition) is 0. The first-order valence-electron chi connectivity index (χ1n) is 1.31. The molecular formula is C2H2CoNO4-. The monoisotopic (exact) mass is 163 g/mol. The minimum atomic E-state index is -1.21. The van der Waals surface area contributed by atoms with Gasteiger partial charge < -0.3 is 11.7 Å². The first-order valence-corrected chi connectivity index (χ1v) is 1.31. The van der Waals surface area contributed by atoms with E-state index in [1.54, 1.807) is 0 Å². The normalized spacial score (nSPS) is 6.50. The molecule has 8 heavy (non-hydrogen) atoms. The van der Waals surface area contributed by atoms with Crippen molar-refractivity contribution in [2.24, 2.45) is 0 Å². The maximum Gasteiger partial charge on any atom is 0.300 e. The Bertz CT molecular complexity index is 90.2. The minimum absolute atomic E-state index is 0. The summed E-state index contributed by atoms with van der Waals surface area (Å²) in [5.41, 5.74) is 0. The molecule has 0 aromatic heterocycles. The number of hydrogen-bond acceptors (Lipinski definition) is 4. The van der Waals surface area contributed by atoms with Crippen LogP contribution >= 0.6 is 0 Å². The van der Waals surface area contributed by atoms with E-state index in [1.807, 2.05) is 0 Å². The van der Waals surface area contributed by atoms with Crippen molar-refractivity contribution in [1.82, 2.24) is 0 Å². The number of carbonyl (C=O) groups excluding carboxylic acids is 1. The van der Waals surface area contributed by atoms with E-state index in [4.69, 9.17) is 10.1 Å². The van der Waals surface area contributed by atoms with Crippen LogP contribution in [0.2, 0.25) is 0 Å². The molecule has 0 amide bonds. The van der Waals surface area contributed by atoms with E-state index < -0.39 is 11.1 Å². The predicted molar refractivity (Wildman–Crippen MR) is 18.4 cm³/mol. The molecule has 0 heterocycles. The Kier molecular flexibility index (Phi) is 5.66. The summed E-state index contributed by atoms with van der Waals surface area (Å²) in [6.45, 7) is 2.58. The molecule has 5 nitrogen and oxygen atoms in total. The van der Waals surface area contributed by atoms with Crippen LogP contribution in [0.25, 0.3) is 0 Å². The summed E-state index contributed by atoms with van der Waals surface area (Å²) in [5.74, 6) is -1.16. The molecule has 0 unspecified atom stereocenters. The Hall–Kier alpha value is -0.754. The zero-order valence-electron chi connectivity index (χ0n) is 3.62. The van der Waals surface area contributed by atoms with Gasteiger partial charge >= 0.3 is 0 Å². The molecule has 49 valence electrons. The molecule has 0 aliphatic carbocycles. The summed E-state index contributed by atoms with van der Waals surface area (Å²) in [6.07, 6.45) is 0. The standard InChI is InChI=1S/C2H2NO4.Co/c1-2(4)7-3(5)6;/h1H2;/q-1;. The van der Waals surface area contributed by atoms with Crippen molar-refractivity contribution in [1.29, 1.82) is 0 Å². The third-order valence-electron chi connectivity index (χ3n) is 0.176. The molecule has 0 aromatic carbocycles. The van der Waals surface area contributed by atoms with Crippen LogP contribution in [0.4, 0.5) is 0 Å². The molecule has 0 aliphatic rings. The quantitative estimate of drug-likeness (QED) is 0.298. The first kappa shape index (κ1) is 10.3. The van der Waals surface area contributed by atoms with Crippen LogP contribution in [-0.2, 0) is 26.4 Å². The second kappa shape index (κ2) is 4.41. The van der Waals surface area contributed by atoms with E-state index in [0.29, 0.717) is 0 Å². The van der Waals surface area contributed by atoms with Gasteiger partial charge in [-0.1, -0.05) is 0 Å². The van der Waals surface area contributed by atoms with Gasteiger partial charge in [0, 0.05) is 16.8 Å². The van der Waals surface area contributed by atoms with Crippen LogP contribution in [0.3, 0.4) is 0 Å². The SMILES string of the molecule is [CH2-]C(=O)O[N+](=O)[O-].[Co]. The van der Waals surface area contributed by atoms with Crippen molar-refractivity contribution in [3.8, 4) is 0 Å². The summed E-state index contributed by atoms with van der Waals surface area (Å²) in [4.78, 5) is 21.8. The molecule has 0 fully saturated rings. The van der Waals surface area contributed by atoms with E-state index >= 15 is 0 Å². The Morgan fingerprint density at radius 2 is 2.12 bits per heavy atom. The number of rotatable bonds is 1. The van der Waals surface area contributed by atoms with Gasteiger partial charge in [0.05, 0.1) is 0 Å². The fourth-order valence-corrected chi connectivity index (χ4v) is 0.0831. The average molecular weight is 163 g/mol. The van der Waals surface area contributed by atoms with E-state index in [1.165, 1.54) is 0 Å². The summed E-state index contributed by atoms with van der Waals surface area (Å²) >= 11 is 0. The number of carbonyl (C=O) groups is 1. The van der Waals surface area contributed by atoms with E-state index in [-0.39, 0.29) is 16.8 Å². The van der Waals surface area contributed by atoms with Gasteiger partial charge in [-0.2, -0.15) is 0 Å². The smallest absolute Gasteiger partial charge is 0.300 e. The molecule has 0 atom stereocenters. The molecule has 6 heteroatoms. The molecule has 0 saturated heterocycles. The van der Waals surface area contributed by atoms with Crippen LogP contribution < -0.4 is 0 Å². The Labute approximate surface area is 55.3 Å². The van der Waals surface area contributed by atoms with Crippen molar-refractivity contribution < 1.29 is 31.5 Å². The van der Waals surface area contributed by atoms with Gasteiger partial charge in [0.1, 0.15) is 0 Å². The maximum atomic E-state index is 9.48. The molecule has 0 aromatic rings. The van der Waals surface area contributed by atoms with Crippen molar-refractivity contribution in [3.05, 3.63) is 17.0 Å². The van der Waals surface area contributed by atoms with Crippen molar-refractivity contribution >= 4 is 5.97 Å². The van der Waals surface area contributed by atoms with E-state index in [9.17, 15) is 4.79 Å². The van der Waals surface area contributed by atoms with Crippen LogP contribution in [-0.4, -0.2) is 11.1 Å². The van der Waals surface area contributed by atoms with Crippen LogP contribution in [0.5, 0.6) is 0 Å². The summed E-state index contributed by atoms with van der Waals surface area (Å²) < 4.78 is 0. The fraction of sp³-hybridized carbons (Fsp3) is 0. The third kappa shape index (κ3) is 8.98. The van der Waals surface area contributed by atoms with Gasteiger partial charge in [-0.25, -0.2) is 0 Å². The summed E-state index contributed by atoms with van der Waals surface area (Å²) in [7, 11) is 0. The zero-order valence-corrected chi connectivity index (χ0v) is 4.66. The second-order valence-corrected chi connectivity index (χ2v) is 0.687. The minimum Gasteiger partial charge on any atom is -0.312 e. The molecule has 0 rings (SSSR count). The van der Waals surface area contributed by atoms with E-state index in [0.717, 1.165) is 0 Å². The summed E-state index contributed by atoms with van der Waals surface area (Å²) in [5, 5.41) is 7.92.